The number of hydrogen-bond acceptors (Lipinski definition) is 4. The van der Waals surface area contributed by atoms with Crippen molar-refractivity contribution >= 4 is 29.9 Å². The zero-order valence-corrected chi connectivity index (χ0v) is 19.1. The number of guanidine groups is 1. The highest BCUT2D eigenvalue weighted by atomic mass is 127. The van der Waals surface area contributed by atoms with Crippen LogP contribution in [-0.2, 0) is 18.3 Å². The van der Waals surface area contributed by atoms with Gasteiger partial charge >= 0.3 is 0 Å². The number of halogens is 1. The van der Waals surface area contributed by atoms with Crippen LogP contribution in [0.25, 0.3) is 0 Å². The Bertz CT molecular complexity index is 579. The van der Waals surface area contributed by atoms with Crippen LogP contribution in [0.3, 0.4) is 0 Å². The monoisotopic (exact) mass is 490 g/mol. The Morgan fingerprint density at radius 1 is 1.22 bits per heavy atom. The van der Waals surface area contributed by atoms with Gasteiger partial charge in [-0.15, -0.1) is 24.0 Å². The van der Waals surface area contributed by atoms with E-state index in [1.54, 1.807) is 0 Å². The molecule has 2 fully saturated rings. The van der Waals surface area contributed by atoms with E-state index in [0.717, 1.165) is 50.9 Å². The second-order valence-electron chi connectivity index (χ2n) is 7.46. The van der Waals surface area contributed by atoms with Gasteiger partial charge in [0.1, 0.15) is 0 Å². The Morgan fingerprint density at radius 2 is 1.96 bits per heavy atom. The lowest BCUT2D eigenvalue weighted by molar-refractivity contribution is -0.0352. The molecule has 3 rings (SSSR count). The second kappa shape index (κ2) is 11.2. The summed E-state index contributed by atoms with van der Waals surface area (Å²) >= 11 is 0. The lowest BCUT2D eigenvalue weighted by Gasteiger charge is -2.48. The van der Waals surface area contributed by atoms with E-state index in [1.807, 2.05) is 24.1 Å². The molecular weight excluding hydrogens is 455 g/mol. The van der Waals surface area contributed by atoms with Crippen LogP contribution in [0.4, 0.5) is 0 Å². The first-order valence-corrected chi connectivity index (χ1v) is 10.0. The Balaban J connectivity index is 0.00000261. The summed E-state index contributed by atoms with van der Waals surface area (Å²) in [6, 6.07) is 0. The highest BCUT2D eigenvalue weighted by Crippen LogP contribution is 2.33. The van der Waals surface area contributed by atoms with Crippen molar-refractivity contribution in [3.63, 3.8) is 0 Å². The fraction of sp³-hybridized carbons (Fsp3) is 0.789. The average Bonchev–Trinajstić information content (AvgIpc) is 3.11. The Morgan fingerprint density at radius 3 is 2.59 bits per heavy atom. The third-order valence-electron chi connectivity index (χ3n) is 5.57. The summed E-state index contributed by atoms with van der Waals surface area (Å²) in [6.45, 7) is 8.38. The van der Waals surface area contributed by atoms with Gasteiger partial charge in [0.15, 0.2) is 5.96 Å². The number of morpholine rings is 1. The maximum Gasteiger partial charge on any atom is 0.191 e. The lowest BCUT2D eigenvalue weighted by Crippen LogP contribution is -2.60. The number of hydrogen-bond donors (Lipinski definition) is 2. The highest BCUT2D eigenvalue weighted by Gasteiger charge is 2.38. The molecule has 2 aliphatic rings. The topological polar surface area (TPSA) is 66.7 Å². The van der Waals surface area contributed by atoms with Gasteiger partial charge in [0.2, 0.25) is 0 Å². The Hall–Kier alpha value is -0.870. The molecule has 1 aromatic rings. The third kappa shape index (κ3) is 6.32. The molecule has 0 atom stereocenters. The van der Waals surface area contributed by atoms with Crippen LogP contribution in [0.1, 0.15) is 44.6 Å². The summed E-state index contributed by atoms with van der Waals surface area (Å²) in [5.74, 6) is 0.898. The quantitative estimate of drug-likeness (QED) is 0.364. The van der Waals surface area contributed by atoms with Crippen molar-refractivity contribution < 1.29 is 4.74 Å². The van der Waals surface area contributed by atoms with Crippen LogP contribution in [0.15, 0.2) is 17.4 Å². The van der Waals surface area contributed by atoms with E-state index >= 15 is 0 Å². The molecule has 1 aliphatic heterocycles. The van der Waals surface area contributed by atoms with Crippen molar-refractivity contribution in [2.75, 3.05) is 39.4 Å². The van der Waals surface area contributed by atoms with E-state index < -0.39 is 0 Å². The molecule has 7 nitrogen and oxygen atoms in total. The summed E-state index contributed by atoms with van der Waals surface area (Å²) in [5.41, 5.74) is 1.37. The molecule has 0 amide bonds. The molecule has 2 N–H and O–H groups in total. The first-order valence-electron chi connectivity index (χ1n) is 10.0. The molecule has 0 radical (unpaired) electrons. The maximum absolute atomic E-state index is 5.58. The van der Waals surface area contributed by atoms with Gasteiger partial charge in [-0.05, 0) is 19.8 Å². The molecule has 0 bridgehead atoms. The maximum atomic E-state index is 5.58. The van der Waals surface area contributed by atoms with Gasteiger partial charge in [-0.25, -0.2) is 4.99 Å². The van der Waals surface area contributed by atoms with Crippen molar-refractivity contribution in [2.45, 2.75) is 51.1 Å². The zero-order valence-electron chi connectivity index (χ0n) is 16.7. The Labute approximate surface area is 180 Å². The van der Waals surface area contributed by atoms with E-state index in [9.17, 15) is 0 Å². The van der Waals surface area contributed by atoms with E-state index in [2.05, 4.69) is 27.6 Å². The largest absolute Gasteiger partial charge is 0.379 e. The van der Waals surface area contributed by atoms with Crippen LogP contribution < -0.4 is 10.6 Å². The first kappa shape index (κ1) is 22.4. The number of nitrogens with one attached hydrogen (secondary N) is 2. The molecular formula is C19H35IN6O. The summed E-state index contributed by atoms with van der Waals surface area (Å²) in [6.07, 6.45) is 10.4. The zero-order chi connectivity index (χ0) is 18.2. The number of aryl methyl sites for hydroxylation is 1. The minimum absolute atomic E-state index is 0. The molecule has 27 heavy (non-hydrogen) atoms. The number of aliphatic imine (C=N–C) groups is 1. The molecule has 1 aromatic heterocycles. The van der Waals surface area contributed by atoms with Crippen molar-refractivity contribution in [3.8, 4) is 0 Å². The molecule has 0 spiro atoms. The minimum Gasteiger partial charge on any atom is -0.379 e. The standard InChI is InChI=1S/C19H34N6O.HI/c1-3-20-18(21-13-17-14-23-24(2)15-17)22-16-19(7-5-4-6-8-19)25-9-11-26-12-10-25;/h14-15H,3-13,16H2,1-2H3,(H2,20,21,22);1H. The molecule has 154 valence electrons. The number of aromatic nitrogens is 2. The summed E-state index contributed by atoms with van der Waals surface area (Å²) in [4.78, 5) is 7.42. The predicted molar refractivity (Wildman–Crippen MR) is 120 cm³/mol. The number of nitrogens with zero attached hydrogens (tertiary/aromatic N) is 4. The van der Waals surface area contributed by atoms with Crippen LogP contribution in [0, 0.1) is 0 Å². The van der Waals surface area contributed by atoms with Crippen molar-refractivity contribution in [1.82, 2.24) is 25.3 Å². The lowest BCUT2D eigenvalue weighted by atomic mass is 9.80. The van der Waals surface area contributed by atoms with Gasteiger partial charge in [0.25, 0.3) is 0 Å². The van der Waals surface area contributed by atoms with E-state index in [4.69, 9.17) is 9.73 Å². The first-order chi connectivity index (χ1) is 12.7. The molecule has 2 heterocycles. The van der Waals surface area contributed by atoms with Crippen molar-refractivity contribution in [1.29, 1.82) is 0 Å². The van der Waals surface area contributed by atoms with E-state index in [1.165, 1.54) is 32.1 Å². The average molecular weight is 490 g/mol. The Kier molecular flexibility index (Phi) is 9.31. The summed E-state index contributed by atoms with van der Waals surface area (Å²) in [7, 11) is 1.94. The normalized spacial score (nSPS) is 20.7. The number of rotatable bonds is 6. The third-order valence-corrected chi connectivity index (χ3v) is 5.57. The highest BCUT2D eigenvalue weighted by molar-refractivity contribution is 14.0. The molecule has 1 aliphatic carbocycles. The smallest absolute Gasteiger partial charge is 0.191 e. The van der Waals surface area contributed by atoms with Gasteiger partial charge in [-0.1, -0.05) is 19.3 Å². The van der Waals surface area contributed by atoms with Crippen LogP contribution in [0.2, 0.25) is 0 Å². The fourth-order valence-electron chi connectivity index (χ4n) is 4.17. The summed E-state index contributed by atoms with van der Waals surface area (Å²) in [5, 5.41) is 11.2. The summed E-state index contributed by atoms with van der Waals surface area (Å²) < 4.78 is 7.40. The fourth-order valence-corrected chi connectivity index (χ4v) is 4.17. The van der Waals surface area contributed by atoms with E-state index in [-0.39, 0.29) is 29.5 Å². The second-order valence-corrected chi connectivity index (χ2v) is 7.46. The van der Waals surface area contributed by atoms with Crippen LogP contribution in [-0.4, -0.2) is 65.6 Å². The van der Waals surface area contributed by atoms with Gasteiger partial charge in [-0.2, -0.15) is 5.10 Å². The van der Waals surface area contributed by atoms with Gasteiger partial charge in [0, 0.05) is 50.5 Å². The predicted octanol–water partition coefficient (Wildman–Crippen LogP) is 2.13. The molecule has 0 unspecified atom stereocenters. The van der Waals surface area contributed by atoms with Crippen LogP contribution in [0.5, 0.6) is 0 Å². The minimum atomic E-state index is 0. The molecule has 0 aromatic carbocycles. The number of ether oxygens (including phenoxy) is 1. The molecule has 8 heteroatoms. The van der Waals surface area contributed by atoms with Gasteiger partial charge in [0.05, 0.1) is 26.0 Å². The van der Waals surface area contributed by atoms with Gasteiger partial charge < -0.3 is 15.4 Å². The molecule has 1 saturated carbocycles. The van der Waals surface area contributed by atoms with E-state index in [0.29, 0.717) is 6.54 Å². The SMILES string of the molecule is CCNC(=NCc1cnn(C)c1)NCC1(N2CCOCC2)CCCCC1.I. The molecule has 1 saturated heterocycles. The van der Waals surface area contributed by atoms with Gasteiger partial charge in [-0.3, -0.25) is 9.58 Å². The van der Waals surface area contributed by atoms with Crippen LogP contribution >= 0.6 is 24.0 Å². The van der Waals surface area contributed by atoms with Crippen molar-refractivity contribution in [2.24, 2.45) is 12.0 Å². The van der Waals surface area contributed by atoms with Crippen molar-refractivity contribution in [3.05, 3.63) is 18.0 Å².